The molecule has 9 fully saturated rings. The summed E-state index contributed by atoms with van der Waals surface area (Å²) >= 11 is 0. The van der Waals surface area contributed by atoms with Gasteiger partial charge in [0.2, 0.25) is 0 Å². The third kappa shape index (κ3) is 16.3. The first-order valence-corrected chi connectivity index (χ1v) is 29.9. The van der Waals surface area contributed by atoms with E-state index >= 15 is 0 Å². The predicted molar refractivity (Wildman–Crippen MR) is 279 cm³/mol. The van der Waals surface area contributed by atoms with E-state index in [0.29, 0.717) is 0 Å². The van der Waals surface area contributed by atoms with Crippen LogP contribution in [-0.2, 0) is 80.5 Å². The number of aliphatic hydroxyl groups is 26. The predicted octanol–water partition coefficient (Wildman–Crippen LogP) is -18.7. The van der Waals surface area contributed by atoms with Crippen LogP contribution in [0.2, 0.25) is 0 Å². The van der Waals surface area contributed by atoms with E-state index < -0.39 is 318 Å². The van der Waals surface area contributed by atoms with Crippen LogP contribution in [-0.4, -0.2) is 450 Å². The van der Waals surface area contributed by atoms with Gasteiger partial charge in [-0.05, 0) is 0 Å². The first-order valence-electron chi connectivity index (χ1n) is 29.9. The summed E-state index contributed by atoms with van der Waals surface area (Å²) in [6, 6.07) is 0. The maximum absolute atomic E-state index is 12.1. The molecule has 43 heteroatoms. The van der Waals surface area contributed by atoms with E-state index in [1.54, 1.807) is 0 Å². The molecule has 0 radical (unpaired) electrons. The Balaban J connectivity index is 1.00. The van der Waals surface area contributed by atoms with Crippen molar-refractivity contribution in [1.29, 1.82) is 0 Å². The van der Waals surface area contributed by atoms with Crippen LogP contribution in [0.4, 0.5) is 0 Å². The van der Waals surface area contributed by atoms with E-state index in [1.807, 2.05) is 0 Å². The van der Waals surface area contributed by atoms with Gasteiger partial charge in [-0.15, -0.1) is 0 Å². The Morgan fingerprint density at radius 3 is 0.894 bits per heavy atom. The summed E-state index contributed by atoms with van der Waals surface area (Å²) in [7, 11) is 0. The number of rotatable bonds is 22. The molecule has 0 saturated carbocycles. The molecule has 0 aliphatic carbocycles. The van der Waals surface area contributed by atoms with Gasteiger partial charge in [0.15, 0.2) is 56.6 Å². The zero-order valence-corrected chi connectivity index (χ0v) is 49.2. The molecule has 9 rings (SSSR count). The van der Waals surface area contributed by atoms with Crippen LogP contribution in [0.15, 0.2) is 0 Å². The van der Waals surface area contributed by atoms with Crippen molar-refractivity contribution in [1.82, 2.24) is 0 Å². The molecule has 26 N–H and O–H groups in total. The van der Waals surface area contributed by atoms with Gasteiger partial charge in [0.25, 0.3) is 0 Å². The summed E-state index contributed by atoms with van der Waals surface area (Å²) in [5, 5.41) is 280. The van der Waals surface area contributed by atoms with E-state index in [0.717, 1.165) is 0 Å². The Morgan fingerprint density at radius 1 is 0.223 bits per heavy atom. The normalized spacial score (nSPS) is 53.9. The van der Waals surface area contributed by atoms with Crippen molar-refractivity contribution in [3.63, 3.8) is 0 Å². The summed E-state index contributed by atoms with van der Waals surface area (Å²) in [6.07, 6.45) is -84.5. The molecule has 0 aromatic rings. The number of aliphatic hydroxyl groups excluding tert-OH is 26. The molecular formula is C51H86O43. The van der Waals surface area contributed by atoms with E-state index in [1.165, 1.54) is 0 Å². The van der Waals surface area contributed by atoms with Crippen LogP contribution in [0.1, 0.15) is 0 Å². The van der Waals surface area contributed by atoms with Crippen LogP contribution >= 0.6 is 0 Å². The van der Waals surface area contributed by atoms with Gasteiger partial charge >= 0.3 is 0 Å². The van der Waals surface area contributed by atoms with Gasteiger partial charge in [-0.25, -0.2) is 0 Å². The topological polar surface area (TPSA) is 683 Å². The van der Waals surface area contributed by atoms with Gasteiger partial charge in [-0.3, -0.25) is 0 Å². The van der Waals surface area contributed by atoms with Crippen molar-refractivity contribution in [2.24, 2.45) is 0 Å². The maximum atomic E-state index is 12.1. The molecule has 42 atom stereocenters. The second kappa shape index (κ2) is 32.9. The molecule has 0 spiro atoms. The van der Waals surface area contributed by atoms with Crippen LogP contribution < -0.4 is 0 Å². The molecule has 9 aliphatic heterocycles. The lowest BCUT2D eigenvalue weighted by Gasteiger charge is -2.49. The smallest absolute Gasteiger partial charge is 0.187 e. The molecule has 0 aromatic carbocycles. The van der Waals surface area contributed by atoms with Crippen molar-refractivity contribution < 1.29 is 213 Å². The van der Waals surface area contributed by atoms with Crippen LogP contribution in [0.25, 0.3) is 0 Å². The molecule has 94 heavy (non-hydrogen) atoms. The molecule has 0 aromatic heterocycles. The van der Waals surface area contributed by atoms with E-state index in [-0.39, 0.29) is 0 Å². The summed E-state index contributed by atoms with van der Waals surface area (Å²) in [4.78, 5) is 0. The maximum Gasteiger partial charge on any atom is 0.187 e. The summed E-state index contributed by atoms with van der Waals surface area (Å²) in [5.41, 5.74) is 0. The largest absolute Gasteiger partial charge is 0.394 e. The van der Waals surface area contributed by atoms with E-state index in [2.05, 4.69) is 0 Å². The lowest BCUT2D eigenvalue weighted by molar-refractivity contribution is -0.397. The third-order valence-corrected chi connectivity index (χ3v) is 17.5. The highest BCUT2D eigenvalue weighted by Crippen LogP contribution is 2.38. The number of hydrogen-bond donors (Lipinski definition) is 26. The van der Waals surface area contributed by atoms with Crippen LogP contribution in [0.5, 0.6) is 0 Å². The molecule has 9 heterocycles. The molecule has 0 bridgehead atoms. The molecule has 0 amide bonds. The molecule has 9 aliphatic rings. The van der Waals surface area contributed by atoms with Gasteiger partial charge in [0.1, 0.15) is 201 Å². The molecule has 548 valence electrons. The Bertz CT molecular complexity index is 2290. The highest BCUT2D eigenvalue weighted by molar-refractivity contribution is 5.00. The average Bonchev–Trinajstić information content (AvgIpc) is 0.785. The van der Waals surface area contributed by atoms with Crippen molar-refractivity contribution >= 4 is 0 Å². The van der Waals surface area contributed by atoms with E-state index in [4.69, 9.17) is 80.5 Å². The lowest BCUT2D eigenvalue weighted by Crippen LogP contribution is -2.68. The quantitative estimate of drug-likeness (QED) is 0.0479. The fraction of sp³-hybridized carbons (Fsp3) is 1.00. The molecule has 0 unspecified atom stereocenters. The average molecular weight is 1390 g/mol. The second-order valence-electron chi connectivity index (χ2n) is 24.0. The molecule has 43 nitrogen and oxygen atoms in total. The highest BCUT2D eigenvalue weighted by Gasteiger charge is 2.58. The Hall–Kier alpha value is -1.72. The van der Waals surface area contributed by atoms with Gasteiger partial charge in [0.05, 0.1) is 59.5 Å². The van der Waals surface area contributed by atoms with E-state index in [9.17, 15) is 133 Å². The first-order chi connectivity index (χ1) is 44.5. The van der Waals surface area contributed by atoms with Crippen LogP contribution in [0, 0.1) is 0 Å². The Labute approximate surface area is 530 Å². The van der Waals surface area contributed by atoms with Crippen molar-refractivity contribution in [2.75, 3.05) is 59.5 Å². The summed E-state index contributed by atoms with van der Waals surface area (Å²) < 4.78 is 97.1. The fourth-order valence-corrected chi connectivity index (χ4v) is 11.8. The summed E-state index contributed by atoms with van der Waals surface area (Å²) in [5.74, 6) is 0. The molecule has 9 saturated heterocycles. The monoisotopic (exact) mass is 1390 g/mol. The minimum Gasteiger partial charge on any atom is -0.394 e. The van der Waals surface area contributed by atoms with Gasteiger partial charge in [-0.2, -0.15) is 0 Å². The second-order valence-corrected chi connectivity index (χ2v) is 24.0. The zero-order valence-electron chi connectivity index (χ0n) is 49.2. The van der Waals surface area contributed by atoms with Gasteiger partial charge in [-0.1, -0.05) is 0 Å². The molecular weight excluding hydrogens is 1300 g/mol. The lowest BCUT2D eigenvalue weighted by atomic mass is 9.95. The standard InChI is InChI=1S/C51H86O43/c52-1-13-22(61)25(64)33(72)45(85-13)93-41-20(59)11(56)5-79-50(41)82-8-17-39(91-47-35(74)27(66)24(63)16(87-47)7-81-44-32(71)19(58)10(55)4-78-44)30(69)37(76)49(89-17)92-40-18(88-48(36(75)29(40)68)90-38-15(3-54)84-43(77)31(70)28(38)67)9-83-51-42(21(60)12(57)6-80-51)94-46-34(73)26(65)23(62)14(2-53)86-46/h10-77H,1-9H2/t10-,11-,12-,13-,14-,15-,16-,17-,18-,19+,20+,21+,22+,23+,24-,25+,26+,27+,28-,29-,30-,31-,32-,33-,34-,35-,36-,37-,38-,39-,40-,41-,42-,43-,44-,45+,46+,47+,48+,49+,50-,51-/m1/s1. The number of hydrogen-bond acceptors (Lipinski definition) is 43. The number of ether oxygens (including phenoxy) is 17. The fourth-order valence-electron chi connectivity index (χ4n) is 11.8. The Kier molecular flexibility index (Phi) is 26.8. The summed E-state index contributed by atoms with van der Waals surface area (Å²) in [6.45, 7) is -7.83. The van der Waals surface area contributed by atoms with Crippen molar-refractivity contribution in [2.45, 2.75) is 258 Å². The zero-order chi connectivity index (χ0) is 68.6. The van der Waals surface area contributed by atoms with Crippen molar-refractivity contribution in [3.8, 4) is 0 Å². The SMILES string of the molecule is OC[C@H]1O[C@@H](O[C@H]2[C@@H](OC[C@H]3O[C@@H](O[C@H]4[C@H](O)[C@@H](O)[C@H](O[C@H]5[C@H](O)[C@@H](O)[C@H](O)O[C@@H]5CO)O[C@@H]4CO[C@H]4OC[C@@H](O)[C@H](O)[C@H]4O[C@@H]4O[C@H](CO)[C@H](O)[C@H](O)[C@H]4O)[C@H](O)[C@@H](O)[C@@H]3O[C@@H]3O[C@H](CO[C@H]4OC[C@@H](O)[C@H](O)[C@H]4O)[C@@H](O)[C@H](O)[C@H]3O)OC[C@@H](O)[C@@H]2O)[C@H](O)[C@@H](O)[C@H]1O. The van der Waals surface area contributed by atoms with Crippen molar-refractivity contribution in [3.05, 3.63) is 0 Å². The van der Waals surface area contributed by atoms with Crippen LogP contribution in [0.3, 0.4) is 0 Å². The van der Waals surface area contributed by atoms with Gasteiger partial charge in [0, 0.05) is 0 Å². The highest BCUT2D eigenvalue weighted by atomic mass is 16.8. The minimum atomic E-state index is -2.48. The third-order valence-electron chi connectivity index (χ3n) is 17.5. The Morgan fingerprint density at radius 2 is 0.500 bits per heavy atom. The minimum absolute atomic E-state index is 0.534. The van der Waals surface area contributed by atoms with Gasteiger partial charge < -0.3 is 213 Å². The first kappa shape index (κ1) is 76.5.